The lowest BCUT2D eigenvalue weighted by molar-refractivity contribution is -0.161. The number of phosphoric acid groups is 2. The van der Waals surface area contributed by atoms with Gasteiger partial charge < -0.3 is 33.8 Å². The van der Waals surface area contributed by atoms with Crippen molar-refractivity contribution < 1.29 is 80.2 Å². The van der Waals surface area contributed by atoms with E-state index in [0.29, 0.717) is 25.7 Å². The van der Waals surface area contributed by atoms with Crippen LogP contribution in [-0.2, 0) is 65.4 Å². The van der Waals surface area contributed by atoms with E-state index in [0.717, 1.165) is 120 Å². The molecule has 0 saturated carbocycles. The molecule has 96 heavy (non-hydrogen) atoms. The molecule has 3 N–H and O–H groups in total. The smallest absolute Gasteiger partial charge is 0.462 e. The first-order chi connectivity index (χ1) is 46.2. The molecule has 17 nitrogen and oxygen atoms in total. The quantitative estimate of drug-likeness (QED) is 0.0222. The number of rotatable bonds is 74. The van der Waals surface area contributed by atoms with Crippen molar-refractivity contribution in [3.8, 4) is 0 Å². The van der Waals surface area contributed by atoms with Crippen molar-refractivity contribution in [1.29, 1.82) is 0 Å². The predicted molar refractivity (Wildman–Crippen MR) is 391 cm³/mol. The number of phosphoric ester groups is 2. The summed E-state index contributed by atoms with van der Waals surface area (Å²) in [6.45, 7) is 14.2. The van der Waals surface area contributed by atoms with Crippen LogP contribution in [0.4, 0.5) is 0 Å². The summed E-state index contributed by atoms with van der Waals surface area (Å²) in [5, 5.41) is 10.6. The van der Waals surface area contributed by atoms with E-state index in [1.54, 1.807) is 0 Å². The van der Waals surface area contributed by atoms with Gasteiger partial charge in [-0.15, -0.1) is 0 Å². The maximum Gasteiger partial charge on any atom is 0.472 e. The van der Waals surface area contributed by atoms with E-state index in [-0.39, 0.29) is 25.7 Å². The molecule has 0 radical (unpaired) electrons. The van der Waals surface area contributed by atoms with Gasteiger partial charge in [0.2, 0.25) is 0 Å². The minimum Gasteiger partial charge on any atom is -0.462 e. The molecule has 0 saturated heterocycles. The fraction of sp³-hybridized carbons (Fsp3) is 0.948. The summed E-state index contributed by atoms with van der Waals surface area (Å²) < 4.78 is 68.6. The monoisotopic (exact) mass is 1410 g/mol. The molecule has 0 aromatic carbocycles. The van der Waals surface area contributed by atoms with Gasteiger partial charge in [-0.1, -0.05) is 338 Å². The zero-order valence-corrected chi connectivity index (χ0v) is 64.8. The van der Waals surface area contributed by atoms with Crippen molar-refractivity contribution in [2.45, 2.75) is 408 Å². The molecule has 7 atom stereocenters. The third-order valence-corrected chi connectivity index (χ3v) is 20.4. The molecule has 570 valence electrons. The van der Waals surface area contributed by atoms with Crippen LogP contribution in [0.25, 0.3) is 0 Å². The highest BCUT2D eigenvalue weighted by molar-refractivity contribution is 7.47. The first kappa shape index (κ1) is 94.1. The summed E-state index contributed by atoms with van der Waals surface area (Å²) in [5.41, 5.74) is 0. The number of hydrogen-bond acceptors (Lipinski definition) is 15. The Balaban J connectivity index is 5.25. The zero-order chi connectivity index (χ0) is 71.0. The van der Waals surface area contributed by atoms with Crippen molar-refractivity contribution in [3.63, 3.8) is 0 Å². The molecule has 0 fully saturated rings. The molecule has 0 aliphatic carbocycles. The Hall–Kier alpha value is -1.94. The van der Waals surface area contributed by atoms with Crippen LogP contribution in [0, 0.1) is 23.7 Å². The third-order valence-electron chi connectivity index (χ3n) is 18.5. The topological polar surface area (TPSA) is 237 Å². The number of unbranched alkanes of at least 4 members (excludes halogenated alkanes) is 38. The summed E-state index contributed by atoms with van der Waals surface area (Å²) in [7, 11) is -9.92. The van der Waals surface area contributed by atoms with Gasteiger partial charge in [0.1, 0.15) is 19.3 Å². The van der Waals surface area contributed by atoms with E-state index in [4.69, 9.17) is 37.0 Å². The van der Waals surface area contributed by atoms with E-state index < -0.39 is 97.5 Å². The molecule has 19 heteroatoms. The normalized spacial score (nSPS) is 14.7. The Kier molecular flexibility index (Phi) is 65.0. The molecular formula is C77H150O17P2. The predicted octanol–water partition coefficient (Wildman–Crippen LogP) is 22.4. The summed E-state index contributed by atoms with van der Waals surface area (Å²) in [5.74, 6) is 0.970. The van der Waals surface area contributed by atoms with Gasteiger partial charge in [-0.2, -0.15) is 0 Å². The highest BCUT2D eigenvalue weighted by Gasteiger charge is 2.30. The van der Waals surface area contributed by atoms with E-state index in [9.17, 15) is 43.2 Å². The molecule has 0 aromatic rings. The second-order valence-corrected chi connectivity index (χ2v) is 32.1. The van der Waals surface area contributed by atoms with Gasteiger partial charge in [0.25, 0.3) is 0 Å². The summed E-state index contributed by atoms with van der Waals surface area (Å²) in [6.07, 6.45) is 51.3. The van der Waals surface area contributed by atoms with Gasteiger partial charge in [-0.25, -0.2) is 9.13 Å². The first-order valence-electron chi connectivity index (χ1n) is 39.8. The lowest BCUT2D eigenvalue weighted by Gasteiger charge is -2.21. The van der Waals surface area contributed by atoms with Crippen LogP contribution in [0.2, 0.25) is 0 Å². The number of aliphatic hydroxyl groups is 1. The number of ether oxygens (including phenoxy) is 4. The lowest BCUT2D eigenvalue weighted by atomic mass is 9.99. The minimum absolute atomic E-state index is 0.104. The molecule has 0 rings (SSSR count). The summed E-state index contributed by atoms with van der Waals surface area (Å²) in [6, 6.07) is 0. The molecule has 0 spiro atoms. The standard InChI is InChI=1S/C77H150O17P2/c1-9-69(7)55-47-39-31-27-28-34-44-52-60-77(82)94-73(64-88-75(80)58-50-42-36-35-40-48-56-70(8)10-2)66-92-96(85,86)90-62-71(78)61-89-95(83,84)91-65-72(63-87-74(79)57-49-41-32-25-21-18-17-20-24-30-38-46-54-68(5)6)93-76(81)59-51-43-33-26-22-16-14-12-11-13-15-19-23-29-37-45-53-67(3)4/h67-73,78H,9-66H2,1-8H3,(H,83,84)(H,85,86)/t69?,70?,71-,72-,73-/m1/s1. The molecule has 0 aromatic heterocycles. The Morgan fingerprint density at radius 3 is 0.740 bits per heavy atom. The molecule has 0 heterocycles. The van der Waals surface area contributed by atoms with E-state index >= 15 is 0 Å². The molecule has 0 aliphatic heterocycles. The van der Waals surface area contributed by atoms with Gasteiger partial charge in [-0.3, -0.25) is 37.3 Å². The Morgan fingerprint density at radius 1 is 0.292 bits per heavy atom. The fourth-order valence-electron chi connectivity index (χ4n) is 11.7. The van der Waals surface area contributed by atoms with Crippen LogP contribution in [0.1, 0.15) is 389 Å². The highest BCUT2D eigenvalue weighted by atomic mass is 31.2. The van der Waals surface area contributed by atoms with Crippen molar-refractivity contribution in [3.05, 3.63) is 0 Å². The summed E-state index contributed by atoms with van der Waals surface area (Å²) >= 11 is 0. The van der Waals surface area contributed by atoms with E-state index in [1.165, 1.54) is 186 Å². The Labute approximate surface area is 588 Å². The third kappa shape index (κ3) is 67.9. The fourth-order valence-corrected chi connectivity index (χ4v) is 13.2. The SMILES string of the molecule is CCC(C)CCCCCCCCCCC(=O)O[C@H](COC(=O)CCCCCCCCC(C)CC)COP(=O)(O)OC[C@H](O)COP(=O)(O)OC[C@@H](COC(=O)CCCCCCCCCCCCCCC(C)C)OC(=O)CCCCCCCCCCCCCCCCCCC(C)C. The Bertz CT molecular complexity index is 1890. The van der Waals surface area contributed by atoms with Gasteiger partial charge >= 0.3 is 39.5 Å². The largest absolute Gasteiger partial charge is 0.472 e. The summed E-state index contributed by atoms with van der Waals surface area (Å²) in [4.78, 5) is 72.8. The number of hydrogen-bond donors (Lipinski definition) is 3. The van der Waals surface area contributed by atoms with Crippen LogP contribution < -0.4 is 0 Å². The highest BCUT2D eigenvalue weighted by Crippen LogP contribution is 2.45. The second-order valence-electron chi connectivity index (χ2n) is 29.2. The van der Waals surface area contributed by atoms with Crippen LogP contribution in [0.3, 0.4) is 0 Å². The average molecular weight is 1410 g/mol. The molecular weight excluding hydrogens is 1260 g/mol. The van der Waals surface area contributed by atoms with Crippen molar-refractivity contribution in [2.24, 2.45) is 23.7 Å². The van der Waals surface area contributed by atoms with Crippen LogP contribution >= 0.6 is 15.6 Å². The second kappa shape index (κ2) is 66.3. The zero-order valence-electron chi connectivity index (χ0n) is 63.0. The number of esters is 4. The lowest BCUT2D eigenvalue weighted by Crippen LogP contribution is -2.30. The van der Waals surface area contributed by atoms with E-state index in [2.05, 4.69) is 55.4 Å². The van der Waals surface area contributed by atoms with Gasteiger partial charge in [0, 0.05) is 25.7 Å². The maximum absolute atomic E-state index is 13.1. The number of carbonyl (C=O) groups is 4. The first-order valence-corrected chi connectivity index (χ1v) is 42.8. The van der Waals surface area contributed by atoms with Crippen molar-refractivity contribution in [2.75, 3.05) is 39.6 Å². The molecule has 0 amide bonds. The maximum atomic E-state index is 13.1. The molecule has 4 unspecified atom stereocenters. The van der Waals surface area contributed by atoms with E-state index in [1.807, 2.05) is 0 Å². The van der Waals surface area contributed by atoms with Crippen LogP contribution in [0.5, 0.6) is 0 Å². The average Bonchev–Trinajstić information content (AvgIpc) is 1.46. The van der Waals surface area contributed by atoms with Crippen molar-refractivity contribution in [1.82, 2.24) is 0 Å². The van der Waals surface area contributed by atoms with Gasteiger partial charge in [0.05, 0.1) is 26.4 Å². The van der Waals surface area contributed by atoms with Gasteiger partial charge in [-0.05, 0) is 49.4 Å². The molecule has 0 bridgehead atoms. The van der Waals surface area contributed by atoms with Gasteiger partial charge in [0.15, 0.2) is 12.2 Å². The number of carbonyl (C=O) groups excluding carboxylic acids is 4. The van der Waals surface area contributed by atoms with Crippen molar-refractivity contribution >= 4 is 39.5 Å². The Morgan fingerprint density at radius 2 is 0.500 bits per heavy atom. The minimum atomic E-state index is -4.96. The van der Waals surface area contributed by atoms with Crippen LogP contribution in [-0.4, -0.2) is 96.7 Å². The molecule has 0 aliphatic rings. The number of aliphatic hydroxyl groups excluding tert-OH is 1. The van der Waals surface area contributed by atoms with Crippen LogP contribution in [0.15, 0.2) is 0 Å².